The Morgan fingerprint density at radius 2 is 2.20 bits per heavy atom. The van der Waals surface area contributed by atoms with Crippen LogP contribution < -0.4 is 10.5 Å². The summed E-state index contributed by atoms with van der Waals surface area (Å²) in [6, 6.07) is 2.59. The van der Waals surface area contributed by atoms with Crippen LogP contribution in [0, 0.1) is 5.82 Å². The van der Waals surface area contributed by atoms with Gasteiger partial charge in [-0.2, -0.15) is 0 Å². The molecule has 1 aromatic carbocycles. The van der Waals surface area contributed by atoms with Crippen LogP contribution in [0.2, 0.25) is 0 Å². The number of esters is 1. The molecule has 1 unspecified atom stereocenters. The van der Waals surface area contributed by atoms with E-state index in [-0.39, 0.29) is 12.0 Å². The second kappa shape index (κ2) is 8.21. The Hall–Kier alpha value is -1.14. The van der Waals surface area contributed by atoms with Crippen LogP contribution in [0.3, 0.4) is 0 Å². The topological polar surface area (TPSA) is 61.5 Å². The van der Waals surface area contributed by atoms with Crippen molar-refractivity contribution in [2.24, 2.45) is 5.73 Å². The molecule has 1 rings (SSSR count). The first-order chi connectivity index (χ1) is 9.49. The molecule has 0 aliphatic rings. The van der Waals surface area contributed by atoms with Crippen LogP contribution in [0.5, 0.6) is 5.75 Å². The van der Waals surface area contributed by atoms with Gasteiger partial charge in [-0.1, -0.05) is 0 Å². The Morgan fingerprint density at radius 3 is 2.80 bits per heavy atom. The normalized spacial score (nSPS) is 12.1. The molecule has 0 saturated heterocycles. The number of carbonyl (C=O) groups excluding carboxylic acids is 1. The lowest BCUT2D eigenvalue weighted by Gasteiger charge is -2.16. The molecule has 1 aromatic rings. The fourth-order valence-corrected chi connectivity index (χ4v) is 2.23. The number of carbonyl (C=O) groups is 1. The highest BCUT2D eigenvalue weighted by atomic mass is 79.9. The number of benzene rings is 1. The highest BCUT2D eigenvalue weighted by Crippen LogP contribution is 2.31. The molecule has 0 radical (unpaired) electrons. The van der Waals surface area contributed by atoms with Crippen LogP contribution in [0.15, 0.2) is 16.6 Å². The van der Waals surface area contributed by atoms with Gasteiger partial charge in [-0.05, 0) is 41.8 Å². The molecule has 20 heavy (non-hydrogen) atoms. The molecule has 4 nitrogen and oxygen atoms in total. The van der Waals surface area contributed by atoms with Gasteiger partial charge < -0.3 is 15.2 Å². The zero-order valence-electron chi connectivity index (χ0n) is 11.6. The first kappa shape index (κ1) is 16.9. The van der Waals surface area contributed by atoms with Crippen LogP contribution in [0.4, 0.5) is 4.39 Å². The van der Waals surface area contributed by atoms with E-state index in [1.54, 1.807) is 13.0 Å². The molecule has 0 saturated carbocycles. The number of ether oxygens (including phenoxy) is 2. The van der Waals surface area contributed by atoms with Crippen molar-refractivity contribution in [1.82, 2.24) is 0 Å². The van der Waals surface area contributed by atoms with Crippen molar-refractivity contribution in [2.45, 2.75) is 32.2 Å². The van der Waals surface area contributed by atoms with Gasteiger partial charge in [0.05, 0.1) is 18.2 Å². The number of halogens is 2. The monoisotopic (exact) mass is 347 g/mol. The van der Waals surface area contributed by atoms with Crippen LogP contribution in [-0.2, 0) is 9.53 Å². The molecule has 2 N–H and O–H groups in total. The first-order valence-corrected chi connectivity index (χ1v) is 7.23. The summed E-state index contributed by atoms with van der Waals surface area (Å²) in [5.41, 5.74) is 6.79. The molecule has 0 fully saturated rings. The lowest BCUT2D eigenvalue weighted by atomic mass is 10.0. The first-order valence-electron chi connectivity index (χ1n) is 6.43. The summed E-state index contributed by atoms with van der Waals surface area (Å²) in [5.74, 6) is -0.217. The van der Waals surface area contributed by atoms with Crippen LogP contribution in [0.1, 0.15) is 37.8 Å². The number of nitrogens with two attached hydrogens (primary N) is 1. The van der Waals surface area contributed by atoms with Crippen molar-refractivity contribution >= 4 is 21.9 Å². The van der Waals surface area contributed by atoms with E-state index in [9.17, 15) is 9.18 Å². The minimum absolute atomic E-state index is 0.230. The molecular formula is C14H19BrFNO3. The highest BCUT2D eigenvalue weighted by molar-refractivity contribution is 9.10. The Labute approximate surface area is 126 Å². The third-order valence-corrected chi connectivity index (χ3v) is 3.48. The number of rotatable bonds is 7. The van der Waals surface area contributed by atoms with Crippen molar-refractivity contribution in [3.63, 3.8) is 0 Å². The van der Waals surface area contributed by atoms with Crippen molar-refractivity contribution in [3.8, 4) is 5.75 Å². The van der Waals surface area contributed by atoms with Crippen LogP contribution in [-0.4, -0.2) is 19.7 Å². The summed E-state index contributed by atoms with van der Waals surface area (Å²) in [6.45, 7) is 2.15. The Balaban J connectivity index is 2.65. The maximum Gasteiger partial charge on any atom is 0.305 e. The van der Waals surface area contributed by atoms with Gasteiger partial charge in [0.2, 0.25) is 0 Å². The second-order valence-electron chi connectivity index (χ2n) is 4.31. The minimum Gasteiger partial charge on any atom is -0.496 e. The van der Waals surface area contributed by atoms with Gasteiger partial charge in [-0.3, -0.25) is 4.79 Å². The van der Waals surface area contributed by atoms with Gasteiger partial charge in [0, 0.05) is 24.1 Å². The third-order valence-electron chi connectivity index (χ3n) is 2.87. The smallest absolute Gasteiger partial charge is 0.305 e. The van der Waals surface area contributed by atoms with Crippen molar-refractivity contribution in [3.05, 3.63) is 28.0 Å². The van der Waals surface area contributed by atoms with Gasteiger partial charge in [-0.25, -0.2) is 4.39 Å². The maximum atomic E-state index is 13.4. The summed E-state index contributed by atoms with van der Waals surface area (Å²) >= 11 is 3.13. The van der Waals surface area contributed by atoms with Gasteiger partial charge >= 0.3 is 5.97 Å². The Morgan fingerprint density at radius 1 is 1.50 bits per heavy atom. The Bertz CT molecular complexity index is 468. The molecule has 0 aliphatic heterocycles. The maximum absolute atomic E-state index is 13.4. The molecule has 112 valence electrons. The van der Waals surface area contributed by atoms with E-state index in [0.29, 0.717) is 41.7 Å². The zero-order valence-corrected chi connectivity index (χ0v) is 13.2. The fourth-order valence-electron chi connectivity index (χ4n) is 1.87. The van der Waals surface area contributed by atoms with E-state index in [4.69, 9.17) is 15.2 Å². The molecule has 0 heterocycles. The zero-order chi connectivity index (χ0) is 15.1. The molecule has 0 aromatic heterocycles. The van der Waals surface area contributed by atoms with Gasteiger partial charge in [-0.15, -0.1) is 0 Å². The van der Waals surface area contributed by atoms with Gasteiger partial charge in [0.15, 0.2) is 0 Å². The van der Waals surface area contributed by atoms with Crippen molar-refractivity contribution in [1.29, 1.82) is 0 Å². The predicted octanol–water partition coefficient (Wildman–Crippen LogP) is 3.33. The SMILES string of the molecule is CCOC(=O)CCCC(N)c1cc(Br)c(F)cc1OC. The molecular weight excluding hydrogens is 329 g/mol. The quantitative estimate of drug-likeness (QED) is 0.768. The van der Waals surface area contributed by atoms with E-state index < -0.39 is 5.82 Å². The average molecular weight is 348 g/mol. The molecule has 0 aliphatic carbocycles. The number of hydrogen-bond acceptors (Lipinski definition) is 4. The van der Waals surface area contributed by atoms with Crippen LogP contribution in [0.25, 0.3) is 0 Å². The molecule has 1 atom stereocenters. The highest BCUT2D eigenvalue weighted by Gasteiger charge is 2.16. The average Bonchev–Trinajstić information content (AvgIpc) is 2.41. The van der Waals surface area contributed by atoms with E-state index in [0.717, 1.165) is 0 Å². The molecule has 0 amide bonds. The summed E-state index contributed by atoms with van der Waals surface area (Å²) in [6.07, 6.45) is 1.53. The number of methoxy groups -OCH3 is 1. The summed E-state index contributed by atoms with van der Waals surface area (Å²) in [4.78, 5) is 11.2. The molecule has 0 spiro atoms. The lowest BCUT2D eigenvalue weighted by molar-refractivity contribution is -0.143. The van der Waals surface area contributed by atoms with Gasteiger partial charge in [0.1, 0.15) is 11.6 Å². The standard InChI is InChI=1S/C14H19BrFNO3/c1-3-20-14(18)6-4-5-12(17)9-7-10(15)11(16)8-13(9)19-2/h7-8,12H,3-6,17H2,1-2H3. The largest absolute Gasteiger partial charge is 0.496 e. The predicted molar refractivity (Wildman–Crippen MR) is 78.1 cm³/mol. The summed E-state index contributed by atoms with van der Waals surface area (Å²) in [7, 11) is 1.47. The van der Waals surface area contributed by atoms with Crippen LogP contribution >= 0.6 is 15.9 Å². The molecule has 6 heteroatoms. The van der Waals surface area contributed by atoms with E-state index >= 15 is 0 Å². The van der Waals surface area contributed by atoms with Crippen molar-refractivity contribution < 1.29 is 18.7 Å². The third kappa shape index (κ3) is 4.76. The van der Waals surface area contributed by atoms with E-state index in [1.807, 2.05) is 0 Å². The summed E-state index contributed by atoms with van der Waals surface area (Å²) < 4.78 is 23.7. The van der Waals surface area contributed by atoms with E-state index in [2.05, 4.69) is 15.9 Å². The minimum atomic E-state index is -0.399. The fraction of sp³-hybridized carbons (Fsp3) is 0.500. The Kier molecular flexibility index (Phi) is 6.95. The van der Waals surface area contributed by atoms with Crippen molar-refractivity contribution in [2.75, 3.05) is 13.7 Å². The lowest BCUT2D eigenvalue weighted by Crippen LogP contribution is -2.13. The van der Waals surface area contributed by atoms with E-state index in [1.165, 1.54) is 13.2 Å². The molecule has 0 bridgehead atoms. The second-order valence-corrected chi connectivity index (χ2v) is 5.17. The number of hydrogen-bond donors (Lipinski definition) is 1. The van der Waals surface area contributed by atoms with Gasteiger partial charge in [0.25, 0.3) is 0 Å². The summed E-state index contributed by atoms with van der Waals surface area (Å²) in [5, 5.41) is 0.